The first-order chi connectivity index (χ1) is 15.3. The molecular formula is C24H21F3N4O. The fourth-order valence-corrected chi connectivity index (χ4v) is 4.75. The van der Waals surface area contributed by atoms with Gasteiger partial charge in [0.1, 0.15) is 11.6 Å². The Balaban J connectivity index is 1.53. The zero-order valence-electron chi connectivity index (χ0n) is 17.4. The number of carbonyl (C=O) groups is 1. The maximum atomic E-state index is 13.3. The van der Waals surface area contributed by atoms with Crippen molar-refractivity contribution in [3.05, 3.63) is 71.4 Å². The lowest BCUT2D eigenvalue weighted by Gasteiger charge is -2.24. The largest absolute Gasteiger partial charge is 0.416 e. The molecule has 1 saturated carbocycles. The summed E-state index contributed by atoms with van der Waals surface area (Å²) in [5.74, 6) is 1.18. The first kappa shape index (κ1) is 20.5. The van der Waals surface area contributed by atoms with Gasteiger partial charge in [0.15, 0.2) is 0 Å². The van der Waals surface area contributed by atoms with Crippen molar-refractivity contribution in [3.63, 3.8) is 0 Å². The lowest BCUT2D eigenvalue weighted by Crippen LogP contribution is -2.41. The molecular weight excluding hydrogens is 417 g/mol. The fourth-order valence-electron chi connectivity index (χ4n) is 4.75. The van der Waals surface area contributed by atoms with E-state index in [2.05, 4.69) is 15.3 Å². The Morgan fingerprint density at radius 2 is 1.97 bits per heavy atom. The summed E-state index contributed by atoms with van der Waals surface area (Å²) in [5, 5.41) is 2.88. The van der Waals surface area contributed by atoms with E-state index in [1.807, 2.05) is 19.1 Å². The van der Waals surface area contributed by atoms with E-state index in [1.54, 1.807) is 29.3 Å². The summed E-state index contributed by atoms with van der Waals surface area (Å²) in [6.07, 6.45) is -0.00112. The Kier molecular flexibility index (Phi) is 4.87. The molecule has 0 bridgehead atoms. The lowest BCUT2D eigenvalue weighted by atomic mass is 9.98. The topological polar surface area (TPSA) is 58.1 Å². The molecule has 1 aliphatic carbocycles. The Bertz CT molecular complexity index is 1190. The molecule has 1 aromatic carbocycles. The molecule has 1 fully saturated rings. The summed E-state index contributed by atoms with van der Waals surface area (Å²) >= 11 is 0. The maximum Gasteiger partial charge on any atom is 0.416 e. The molecule has 8 heteroatoms. The number of rotatable bonds is 2. The number of aryl methyl sites for hydroxylation is 1. The summed E-state index contributed by atoms with van der Waals surface area (Å²) in [6.45, 7) is 1.86. The van der Waals surface area contributed by atoms with Crippen LogP contribution in [0.4, 0.5) is 29.6 Å². The van der Waals surface area contributed by atoms with Gasteiger partial charge in [0.05, 0.1) is 11.3 Å². The second kappa shape index (κ2) is 7.62. The van der Waals surface area contributed by atoms with E-state index in [0.717, 1.165) is 42.5 Å². The van der Waals surface area contributed by atoms with Crippen molar-refractivity contribution in [1.82, 2.24) is 9.97 Å². The minimum Gasteiger partial charge on any atom is -0.292 e. The third kappa shape index (κ3) is 3.49. The van der Waals surface area contributed by atoms with Gasteiger partial charge in [0.2, 0.25) is 0 Å². The number of benzene rings is 1. The first-order valence-corrected chi connectivity index (χ1v) is 10.5. The van der Waals surface area contributed by atoms with Gasteiger partial charge in [-0.25, -0.2) is 14.8 Å². The van der Waals surface area contributed by atoms with Crippen molar-refractivity contribution in [2.24, 2.45) is 0 Å². The normalized spacial score (nSPS) is 19.6. The van der Waals surface area contributed by atoms with Crippen LogP contribution in [0, 0.1) is 6.92 Å². The molecule has 164 valence electrons. The second-order valence-corrected chi connectivity index (χ2v) is 8.26. The molecule has 2 aliphatic rings. The Morgan fingerprint density at radius 1 is 1.12 bits per heavy atom. The van der Waals surface area contributed by atoms with Gasteiger partial charge in [-0.1, -0.05) is 30.7 Å². The molecule has 5 nitrogen and oxygen atoms in total. The van der Waals surface area contributed by atoms with Crippen molar-refractivity contribution in [1.29, 1.82) is 0 Å². The van der Waals surface area contributed by atoms with Crippen LogP contribution in [0.5, 0.6) is 0 Å². The van der Waals surface area contributed by atoms with Crippen molar-refractivity contribution < 1.29 is 18.0 Å². The lowest BCUT2D eigenvalue weighted by molar-refractivity contribution is -0.137. The Hall–Kier alpha value is -3.42. The third-order valence-corrected chi connectivity index (χ3v) is 6.28. The van der Waals surface area contributed by atoms with Crippen LogP contribution in [0.2, 0.25) is 0 Å². The van der Waals surface area contributed by atoms with E-state index < -0.39 is 11.7 Å². The number of aromatic nitrogens is 2. The predicted octanol–water partition coefficient (Wildman–Crippen LogP) is 6.16. The van der Waals surface area contributed by atoms with Gasteiger partial charge >= 0.3 is 12.2 Å². The quantitative estimate of drug-likeness (QED) is 0.521. The zero-order valence-corrected chi connectivity index (χ0v) is 17.4. The second-order valence-electron chi connectivity index (χ2n) is 8.26. The third-order valence-electron chi connectivity index (χ3n) is 6.28. The highest BCUT2D eigenvalue weighted by molar-refractivity contribution is 6.03. The highest BCUT2D eigenvalue weighted by Crippen LogP contribution is 2.49. The molecule has 1 N–H and O–H groups in total. The van der Waals surface area contributed by atoms with E-state index in [0.29, 0.717) is 22.9 Å². The van der Waals surface area contributed by atoms with Crippen molar-refractivity contribution >= 4 is 17.7 Å². The molecule has 1 aliphatic heterocycles. The number of alkyl halides is 3. The van der Waals surface area contributed by atoms with Crippen LogP contribution in [0.3, 0.4) is 0 Å². The number of nitrogens with zero attached hydrogens (tertiary/aromatic N) is 3. The van der Waals surface area contributed by atoms with E-state index in [1.165, 1.54) is 6.07 Å². The van der Waals surface area contributed by atoms with Gasteiger partial charge in [0, 0.05) is 29.3 Å². The highest BCUT2D eigenvalue weighted by Gasteiger charge is 2.45. The van der Waals surface area contributed by atoms with Gasteiger partial charge in [-0.2, -0.15) is 13.2 Å². The number of hydrogen-bond donors (Lipinski definition) is 1. The van der Waals surface area contributed by atoms with Crippen LogP contribution >= 0.6 is 0 Å². The average molecular weight is 438 g/mol. The van der Waals surface area contributed by atoms with Crippen molar-refractivity contribution in [2.45, 2.75) is 44.3 Å². The van der Waals surface area contributed by atoms with Crippen molar-refractivity contribution in [3.8, 4) is 11.3 Å². The van der Waals surface area contributed by atoms with Gasteiger partial charge in [0.25, 0.3) is 0 Å². The van der Waals surface area contributed by atoms with E-state index in [-0.39, 0.29) is 18.0 Å². The number of carbonyl (C=O) groups excluding carboxylic acids is 1. The fraction of sp³-hybridized carbons (Fsp3) is 0.292. The van der Waals surface area contributed by atoms with E-state index >= 15 is 0 Å². The number of nitrogens with one attached hydrogen (secondary N) is 1. The SMILES string of the molecule is Cc1cccnc1NC(=O)N1c2nc(-c3cccc(C(F)(F)F)c3)ccc2C2CCCC21. The molecule has 5 rings (SSSR count). The maximum absolute atomic E-state index is 13.3. The van der Waals surface area contributed by atoms with Gasteiger partial charge in [-0.3, -0.25) is 10.2 Å². The van der Waals surface area contributed by atoms with Crippen LogP contribution in [-0.4, -0.2) is 22.0 Å². The average Bonchev–Trinajstić information content (AvgIpc) is 3.35. The molecule has 3 aromatic rings. The monoisotopic (exact) mass is 438 g/mol. The molecule has 3 heterocycles. The van der Waals surface area contributed by atoms with E-state index in [4.69, 9.17) is 0 Å². The zero-order chi connectivity index (χ0) is 22.5. The minimum atomic E-state index is -4.43. The molecule has 2 amide bonds. The summed E-state index contributed by atoms with van der Waals surface area (Å²) in [6, 6.07) is 12.1. The van der Waals surface area contributed by atoms with Crippen molar-refractivity contribution in [2.75, 3.05) is 10.2 Å². The van der Waals surface area contributed by atoms with Crippen LogP contribution < -0.4 is 10.2 Å². The van der Waals surface area contributed by atoms with Crippen LogP contribution in [0.25, 0.3) is 11.3 Å². The number of anilines is 2. The number of halogens is 3. The molecule has 0 spiro atoms. The van der Waals surface area contributed by atoms with Crippen LogP contribution in [0.1, 0.15) is 41.9 Å². The summed E-state index contributed by atoms with van der Waals surface area (Å²) in [5.41, 5.74) is 1.85. The number of urea groups is 1. The van der Waals surface area contributed by atoms with Gasteiger partial charge in [-0.15, -0.1) is 0 Å². The number of fused-ring (bicyclic) bond motifs is 3. The first-order valence-electron chi connectivity index (χ1n) is 10.5. The van der Waals surface area contributed by atoms with Crippen LogP contribution in [-0.2, 0) is 6.18 Å². The molecule has 0 saturated heterocycles. The number of pyridine rings is 2. The smallest absolute Gasteiger partial charge is 0.292 e. The molecule has 32 heavy (non-hydrogen) atoms. The standard InChI is InChI=1S/C24H21F3N4O/c1-14-5-4-12-28-21(14)30-23(32)31-20-9-3-8-17(20)18-10-11-19(29-22(18)31)15-6-2-7-16(13-15)24(25,26)27/h2,4-7,10-13,17,20H,3,8-9H2,1H3,(H,28,30,32). The number of hydrogen-bond acceptors (Lipinski definition) is 3. The van der Waals surface area contributed by atoms with Crippen LogP contribution in [0.15, 0.2) is 54.7 Å². The van der Waals surface area contributed by atoms with Gasteiger partial charge in [-0.05, 0) is 49.6 Å². The minimum absolute atomic E-state index is 0.0155. The summed E-state index contributed by atoms with van der Waals surface area (Å²) in [7, 11) is 0. The summed E-state index contributed by atoms with van der Waals surface area (Å²) < 4.78 is 39.5. The van der Waals surface area contributed by atoms with E-state index in [9.17, 15) is 18.0 Å². The number of amides is 2. The Morgan fingerprint density at radius 3 is 2.75 bits per heavy atom. The Labute approximate surface area is 183 Å². The molecule has 2 unspecified atom stereocenters. The molecule has 2 atom stereocenters. The highest BCUT2D eigenvalue weighted by atomic mass is 19.4. The predicted molar refractivity (Wildman–Crippen MR) is 116 cm³/mol. The molecule has 2 aromatic heterocycles. The summed E-state index contributed by atoms with van der Waals surface area (Å²) in [4.78, 5) is 23.9. The van der Waals surface area contributed by atoms with Gasteiger partial charge < -0.3 is 0 Å². The molecule has 0 radical (unpaired) electrons.